The Morgan fingerprint density at radius 2 is 1.76 bits per heavy atom. The summed E-state index contributed by atoms with van der Waals surface area (Å²) in [6.45, 7) is 4.11. The van der Waals surface area contributed by atoms with Crippen LogP contribution in [0, 0.1) is 12.3 Å². The van der Waals surface area contributed by atoms with E-state index in [-0.39, 0.29) is 24.2 Å². The number of carbonyl (C=O) groups is 1. The van der Waals surface area contributed by atoms with Crippen molar-refractivity contribution in [2.45, 2.75) is 19.9 Å². The van der Waals surface area contributed by atoms with Crippen LogP contribution in [-0.2, 0) is 9.53 Å². The molecular weight excluding hydrogens is 436 g/mol. The Kier molecular flexibility index (Phi) is 8.88. The lowest BCUT2D eigenvalue weighted by molar-refractivity contribution is -0.144. The fourth-order valence-corrected chi connectivity index (χ4v) is 3.53. The van der Waals surface area contributed by atoms with Crippen LogP contribution in [-0.4, -0.2) is 32.5 Å². The lowest BCUT2D eigenvalue weighted by Crippen LogP contribution is -2.23. The van der Waals surface area contributed by atoms with Gasteiger partial charge < -0.3 is 20.7 Å². The minimum Gasteiger partial charge on any atom is -0.464 e. The zero-order valence-electron chi connectivity index (χ0n) is 19.4. The summed E-state index contributed by atoms with van der Waals surface area (Å²) >= 11 is 0. The molecule has 0 bridgehead atoms. The van der Waals surface area contributed by atoms with E-state index in [1.165, 1.54) is 0 Å². The molecule has 7 heteroatoms. The Labute approximate surface area is 201 Å². The van der Waals surface area contributed by atoms with Crippen LogP contribution in [0.15, 0.2) is 66.7 Å². The number of carbonyl (C=O) groups excluding carboxylic acids is 1. The number of esters is 1. The molecule has 1 atom stereocenters. The molecule has 0 fully saturated rings. The van der Waals surface area contributed by atoms with Gasteiger partial charge in [0, 0.05) is 31.0 Å². The van der Waals surface area contributed by atoms with E-state index < -0.39 is 6.04 Å². The second-order valence-electron chi connectivity index (χ2n) is 7.90. The molecule has 3 rings (SSSR count). The third-order valence-electron chi connectivity index (χ3n) is 5.16. The maximum atomic E-state index is 12.9. The summed E-state index contributed by atoms with van der Waals surface area (Å²) in [4.78, 5) is 14.9. The molecule has 174 valence electrons. The molecule has 33 heavy (non-hydrogen) atoms. The van der Waals surface area contributed by atoms with Gasteiger partial charge in [-0.2, -0.15) is 0 Å². The highest BCUT2D eigenvalue weighted by Crippen LogP contribution is 2.30. The van der Waals surface area contributed by atoms with Crippen molar-refractivity contribution in [1.29, 1.82) is 5.41 Å². The van der Waals surface area contributed by atoms with E-state index in [0.29, 0.717) is 12.2 Å². The third-order valence-corrected chi connectivity index (χ3v) is 5.16. The largest absolute Gasteiger partial charge is 0.464 e. The van der Waals surface area contributed by atoms with Crippen LogP contribution in [0.5, 0.6) is 0 Å². The molecule has 0 saturated heterocycles. The molecule has 0 aliphatic heterocycles. The molecule has 0 heterocycles. The first kappa shape index (κ1) is 25.7. The summed E-state index contributed by atoms with van der Waals surface area (Å²) < 4.78 is 5.37. The van der Waals surface area contributed by atoms with Crippen LogP contribution in [0.1, 0.15) is 29.7 Å². The van der Waals surface area contributed by atoms with Crippen molar-refractivity contribution >= 4 is 35.6 Å². The van der Waals surface area contributed by atoms with Crippen LogP contribution < -0.4 is 16.0 Å². The van der Waals surface area contributed by atoms with Crippen molar-refractivity contribution in [3.05, 3.63) is 83.4 Å². The van der Waals surface area contributed by atoms with Crippen LogP contribution in [0.3, 0.4) is 0 Å². The van der Waals surface area contributed by atoms with Gasteiger partial charge in [-0.1, -0.05) is 29.8 Å². The molecule has 0 saturated carbocycles. The van der Waals surface area contributed by atoms with E-state index in [2.05, 4.69) is 34.5 Å². The van der Waals surface area contributed by atoms with Crippen molar-refractivity contribution in [2.24, 2.45) is 5.73 Å². The molecule has 3 aromatic rings. The number of anilines is 2. The van der Waals surface area contributed by atoms with E-state index >= 15 is 0 Å². The molecule has 4 N–H and O–H groups in total. The quantitative estimate of drug-likeness (QED) is 0.242. The first-order chi connectivity index (χ1) is 15.3. The van der Waals surface area contributed by atoms with Crippen LogP contribution in [0.2, 0.25) is 0 Å². The van der Waals surface area contributed by atoms with E-state index in [0.717, 1.165) is 33.6 Å². The Morgan fingerprint density at radius 3 is 2.36 bits per heavy atom. The number of hydrogen-bond acceptors (Lipinski definition) is 5. The first-order valence-corrected chi connectivity index (χ1v) is 10.6. The lowest BCUT2D eigenvalue weighted by atomic mass is 9.96. The van der Waals surface area contributed by atoms with Gasteiger partial charge >= 0.3 is 5.97 Å². The second-order valence-corrected chi connectivity index (χ2v) is 7.90. The number of rotatable bonds is 8. The summed E-state index contributed by atoms with van der Waals surface area (Å²) in [6, 6.07) is 20.9. The van der Waals surface area contributed by atoms with E-state index in [4.69, 9.17) is 15.9 Å². The zero-order valence-corrected chi connectivity index (χ0v) is 20.2. The molecule has 3 aromatic carbocycles. The Bertz CT molecular complexity index is 1110. The molecule has 0 aliphatic rings. The topological polar surface area (TPSA) is 91.4 Å². The van der Waals surface area contributed by atoms with E-state index in [1.54, 1.807) is 31.2 Å². The molecule has 1 unspecified atom stereocenters. The van der Waals surface area contributed by atoms with Crippen molar-refractivity contribution in [1.82, 2.24) is 0 Å². The van der Waals surface area contributed by atoms with Gasteiger partial charge in [-0.05, 0) is 73.0 Å². The highest BCUT2D eigenvalue weighted by atomic mass is 35.5. The van der Waals surface area contributed by atoms with Crippen molar-refractivity contribution in [2.75, 3.05) is 30.9 Å². The van der Waals surface area contributed by atoms with Gasteiger partial charge in [-0.25, -0.2) is 4.79 Å². The van der Waals surface area contributed by atoms with Crippen molar-refractivity contribution < 1.29 is 9.53 Å². The first-order valence-electron chi connectivity index (χ1n) is 10.6. The number of hydrogen-bond donors (Lipinski definition) is 3. The number of nitrogens with two attached hydrogens (primary N) is 1. The van der Waals surface area contributed by atoms with Gasteiger partial charge in [0.2, 0.25) is 0 Å². The molecule has 0 amide bonds. The minimum atomic E-state index is -0.672. The van der Waals surface area contributed by atoms with E-state index in [9.17, 15) is 4.79 Å². The third kappa shape index (κ3) is 6.49. The number of halogens is 1. The predicted octanol–water partition coefficient (Wildman–Crippen LogP) is 5.15. The molecule has 0 aromatic heterocycles. The average Bonchev–Trinajstić information content (AvgIpc) is 2.77. The standard InChI is InChI=1S/C26H30N4O2.ClH/c1-5-32-26(31)24(29-22-11-9-18(10-12-22)25(27)28)21-14-17(2)13-20(15-21)19-7-6-8-23(16-19)30(3)4;/h6-16,24,29H,5H2,1-4H3,(H3,27,28);1H. The van der Waals surface area contributed by atoms with Crippen molar-refractivity contribution in [3.8, 4) is 11.1 Å². The molecule has 0 aliphatic carbocycles. The average molecular weight is 467 g/mol. The zero-order chi connectivity index (χ0) is 23.3. The van der Waals surface area contributed by atoms with Crippen LogP contribution in [0.4, 0.5) is 11.4 Å². The monoisotopic (exact) mass is 466 g/mol. The number of aryl methyl sites for hydroxylation is 1. The Hall–Kier alpha value is -3.51. The number of ether oxygens (including phenoxy) is 1. The highest BCUT2D eigenvalue weighted by Gasteiger charge is 2.23. The predicted molar refractivity (Wildman–Crippen MR) is 139 cm³/mol. The summed E-state index contributed by atoms with van der Waals surface area (Å²) in [5, 5.41) is 10.8. The summed E-state index contributed by atoms with van der Waals surface area (Å²) in [5.41, 5.74) is 12.0. The Balaban J connectivity index is 0.00000385. The summed E-state index contributed by atoms with van der Waals surface area (Å²) in [7, 11) is 4.03. The molecule has 0 radical (unpaired) electrons. The maximum absolute atomic E-state index is 12.9. The van der Waals surface area contributed by atoms with Gasteiger partial charge in [0.1, 0.15) is 5.84 Å². The number of amidine groups is 1. The summed E-state index contributed by atoms with van der Waals surface area (Å²) in [5.74, 6) is -0.344. The molecular formula is C26H31ClN4O2. The van der Waals surface area contributed by atoms with Gasteiger partial charge in [0.15, 0.2) is 6.04 Å². The summed E-state index contributed by atoms with van der Waals surface area (Å²) in [6.07, 6.45) is 0. The fraction of sp³-hybridized carbons (Fsp3) is 0.231. The number of nitrogen functional groups attached to an aromatic ring is 1. The number of nitrogens with zero attached hydrogens (tertiary/aromatic N) is 1. The SMILES string of the molecule is CCOC(=O)C(Nc1ccc(C(=N)N)cc1)c1cc(C)cc(-c2cccc(N(C)C)c2)c1.Cl. The maximum Gasteiger partial charge on any atom is 0.333 e. The smallest absolute Gasteiger partial charge is 0.333 e. The minimum absolute atomic E-state index is 0. The second kappa shape index (κ2) is 11.4. The van der Waals surface area contributed by atoms with Crippen LogP contribution >= 0.6 is 12.4 Å². The lowest BCUT2D eigenvalue weighted by Gasteiger charge is -2.21. The van der Waals surface area contributed by atoms with Gasteiger partial charge in [0.05, 0.1) is 6.61 Å². The van der Waals surface area contributed by atoms with Crippen molar-refractivity contribution in [3.63, 3.8) is 0 Å². The number of nitrogens with one attached hydrogen (secondary N) is 2. The fourth-order valence-electron chi connectivity index (χ4n) is 3.53. The van der Waals surface area contributed by atoms with E-state index in [1.807, 2.05) is 39.2 Å². The number of benzene rings is 3. The van der Waals surface area contributed by atoms with Gasteiger partial charge in [-0.3, -0.25) is 5.41 Å². The normalized spacial score (nSPS) is 11.2. The van der Waals surface area contributed by atoms with Gasteiger partial charge in [-0.15, -0.1) is 12.4 Å². The van der Waals surface area contributed by atoms with Crippen LogP contribution in [0.25, 0.3) is 11.1 Å². The highest BCUT2D eigenvalue weighted by molar-refractivity contribution is 5.95. The Morgan fingerprint density at radius 1 is 1.06 bits per heavy atom. The molecule has 6 nitrogen and oxygen atoms in total. The molecule has 0 spiro atoms. The van der Waals surface area contributed by atoms with Gasteiger partial charge in [0.25, 0.3) is 0 Å².